The molecule has 0 unspecified atom stereocenters. The summed E-state index contributed by atoms with van der Waals surface area (Å²) in [6.07, 6.45) is 2.81. The number of anilines is 2. The predicted molar refractivity (Wildman–Crippen MR) is 101 cm³/mol. The van der Waals surface area contributed by atoms with Gasteiger partial charge in [0.1, 0.15) is 17.8 Å². The molecule has 0 aliphatic carbocycles. The van der Waals surface area contributed by atoms with Crippen LogP contribution in [0.2, 0.25) is 0 Å². The molecule has 4 rings (SSSR count). The average Bonchev–Trinajstić information content (AvgIpc) is 3.13. The molecule has 142 valence electrons. The van der Waals surface area contributed by atoms with Gasteiger partial charge in [0.25, 0.3) is 5.91 Å². The van der Waals surface area contributed by atoms with Crippen molar-refractivity contribution in [1.29, 1.82) is 0 Å². The quantitative estimate of drug-likeness (QED) is 0.898. The van der Waals surface area contributed by atoms with Gasteiger partial charge in [-0.05, 0) is 31.0 Å². The molecule has 0 atom stereocenters. The summed E-state index contributed by atoms with van der Waals surface area (Å²) in [4.78, 5) is 23.1. The maximum atomic E-state index is 12.9. The van der Waals surface area contributed by atoms with Crippen molar-refractivity contribution >= 4 is 17.4 Å². The lowest BCUT2D eigenvalue weighted by molar-refractivity contribution is -0.181. The lowest BCUT2D eigenvalue weighted by Crippen LogP contribution is -2.47. The lowest BCUT2D eigenvalue weighted by Gasteiger charge is -2.37. The largest absolute Gasteiger partial charge is 0.347 e. The lowest BCUT2D eigenvalue weighted by atomic mass is 10.0. The van der Waals surface area contributed by atoms with Gasteiger partial charge in [0.2, 0.25) is 0 Å². The molecule has 1 spiro atoms. The summed E-state index contributed by atoms with van der Waals surface area (Å²) in [5.41, 5.74) is 3.64. The van der Waals surface area contributed by atoms with Gasteiger partial charge < -0.3 is 19.7 Å². The molecule has 27 heavy (non-hydrogen) atoms. The summed E-state index contributed by atoms with van der Waals surface area (Å²) in [7, 11) is 0. The van der Waals surface area contributed by atoms with E-state index in [1.165, 1.54) is 6.33 Å². The molecule has 1 aromatic carbocycles. The van der Waals surface area contributed by atoms with Gasteiger partial charge in [-0.3, -0.25) is 4.79 Å². The molecule has 7 heteroatoms. The number of aryl methyl sites for hydroxylation is 2. The minimum atomic E-state index is -0.488. The molecule has 0 radical (unpaired) electrons. The highest BCUT2D eigenvalue weighted by molar-refractivity contribution is 5.93. The van der Waals surface area contributed by atoms with E-state index in [4.69, 9.17) is 9.47 Å². The second-order valence-electron chi connectivity index (χ2n) is 7.13. The summed E-state index contributed by atoms with van der Waals surface area (Å²) in [6, 6.07) is 7.89. The van der Waals surface area contributed by atoms with E-state index in [0.29, 0.717) is 50.7 Å². The number of carbonyl (C=O) groups excluding carboxylic acids is 1. The zero-order valence-corrected chi connectivity index (χ0v) is 15.7. The monoisotopic (exact) mass is 368 g/mol. The van der Waals surface area contributed by atoms with Crippen LogP contribution < -0.4 is 5.32 Å². The molecule has 0 bridgehead atoms. The number of piperidine rings is 1. The minimum absolute atomic E-state index is 0.0886. The predicted octanol–water partition coefficient (Wildman–Crippen LogP) is 2.82. The van der Waals surface area contributed by atoms with E-state index in [9.17, 15) is 4.79 Å². The molecule has 3 heterocycles. The molecular formula is C20H24N4O3. The highest BCUT2D eigenvalue weighted by Gasteiger charge is 2.41. The fourth-order valence-corrected chi connectivity index (χ4v) is 3.55. The SMILES string of the molecule is Cc1ccc(C)c(Nc2cc(C(=O)N3CCC4(CC3)OCCO4)ncn2)c1. The van der Waals surface area contributed by atoms with Crippen molar-refractivity contribution in [3.05, 3.63) is 47.4 Å². The normalized spacial score (nSPS) is 18.7. The molecule has 2 saturated heterocycles. The highest BCUT2D eigenvalue weighted by Crippen LogP contribution is 2.31. The Kier molecular flexibility index (Phi) is 4.80. The van der Waals surface area contributed by atoms with Crippen LogP contribution in [0.25, 0.3) is 0 Å². The van der Waals surface area contributed by atoms with Crippen molar-refractivity contribution in [3.63, 3.8) is 0 Å². The first-order valence-corrected chi connectivity index (χ1v) is 9.28. The van der Waals surface area contributed by atoms with Crippen molar-refractivity contribution in [2.75, 3.05) is 31.6 Å². The van der Waals surface area contributed by atoms with Crippen LogP contribution in [0.4, 0.5) is 11.5 Å². The van der Waals surface area contributed by atoms with Gasteiger partial charge in [0.05, 0.1) is 13.2 Å². The van der Waals surface area contributed by atoms with Gasteiger partial charge in [-0.1, -0.05) is 12.1 Å². The van der Waals surface area contributed by atoms with E-state index in [1.54, 1.807) is 11.0 Å². The fraction of sp³-hybridized carbons (Fsp3) is 0.450. The van der Waals surface area contributed by atoms with Crippen molar-refractivity contribution in [3.8, 4) is 0 Å². The maximum Gasteiger partial charge on any atom is 0.272 e. The van der Waals surface area contributed by atoms with Gasteiger partial charge in [0, 0.05) is 37.7 Å². The number of hydrogen-bond acceptors (Lipinski definition) is 6. The van der Waals surface area contributed by atoms with Crippen LogP contribution in [0.15, 0.2) is 30.6 Å². The fourth-order valence-electron chi connectivity index (χ4n) is 3.55. The molecule has 7 nitrogen and oxygen atoms in total. The zero-order chi connectivity index (χ0) is 18.9. The van der Waals surface area contributed by atoms with Crippen molar-refractivity contribution in [2.45, 2.75) is 32.5 Å². The number of aromatic nitrogens is 2. The van der Waals surface area contributed by atoms with Crippen LogP contribution in [-0.4, -0.2) is 52.9 Å². The first-order valence-electron chi connectivity index (χ1n) is 9.28. The van der Waals surface area contributed by atoms with Gasteiger partial charge >= 0.3 is 0 Å². The number of carbonyl (C=O) groups is 1. The van der Waals surface area contributed by atoms with Crippen molar-refractivity contribution in [2.24, 2.45) is 0 Å². The molecule has 2 fully saturated rings. The maximum absolute atomic E-state index is 12.9. The topological polar surface area (TPSA) is 76.6 Å². The number of nitrogens with one attached hydrogen (secondary N) is 1. The zero-order valence-electron chi connectivity index (χ0n) is 15.7. The van der Waals surface area contributed by atoms with Gasteiger partial charge in [0.15, 0.2) is 5.79 Å². The molecule has 1 aromatic heterocycles. The number of nitrogens with zero attached hydrogens (tertiary/aromatic N) is 3. The van der Waals surface area contributed by atoms with Crippen LogP contribution in [0.1, 0.15) is 34.5 Å². The summed E-state index contributed by atoms with van der Waals surface area (Å²) in [6.45, 7) is 6.54. The minimum Gasteiger partial charge on any atom is -0.347 e. The summed E-state index contributed by atoms with van der Waals surface area (Å²) in [5.74, 6) is 0.0324. The van der Waals surface area contributed by atoms with Gasteiger partial charge in [-0.2, -0.15) is 0 Å². The Bertz CT molecular complexity index is 839. The Morgan fingerprint density at radius 1 is 1.11 bits per heavy atom. The first-order chi connectivity index (χ1) is 13.0. The Balaban J connectivity index is 1.46. The van der Waals surface area contributed by atoms with Crippen LogP contribution in [-0.2, 0) is 9.47 Å². The second kappa shape index (κ2) is 7.25. The highest BCUT2D eigenvalue weighted by atomic mass is 16.7. The van der Waals surface area contributed by atoms with Gasteiger partial charge in [-0.25, -0.2) is 9.97 Å². The standard InChI is InChI=1S/C20H24N4O3/c1-14-3-4-15(2)16(11-14)23-18-12-17(21-13-22-18)19(25)24-7-5-20(6-8-24)26-9-10-27-20/h3-4,11-13H,5-10H2,1-2H3,(H,21,22,23). The molecule has 2 aromatic rings. The van der Waals surface area contributed by atoms with E-state index in [1.807, 2.05) is 13.8 Å². The third-order valence-corrected chi connectivity index (χ3v) is 5.17. The molecule has 0 saturated carbocycles. The van der Waals surface area contributed by atoms with E-state index < -0.39 is 5.79 Å². The molecule has 2 aliphatic rings. The number of benzene rings is 1. The van der Waals surface area contributed by atoms with Crippen LogP contribution >= 0.6 is 0 Å². The third-order valence-electron chi connectivity index (χ3n) is 5.17. The summed E-state index contributed by atoms with van der Waals surface area (Å²) < 4.78 is 11.5. The Morgan fingerprint density at radius 3 is 2.59 bits per heavy atom. The van der Waals surface area contributed by atoms with Crippen LogP contribution in [0.5, 0.6) is 0 Å². The first kappa shape index (κ1) is 17.9. The molecule has 2 aliphatic heterocycles. The third kappa shape index (κ3) is 3.79. The number of amides is 1. The second-order valence-corrected chi connectivity index (χ2v) is 7.13. The number of ether oxygens (including phenoxy) is 2. The molecule has 1 amide bonds. The number of rotatable bonds is 3. The van der Waals surface area contributed by atoms with E-state index >= 15 is 0 Å². The number of hydrogen-bond donors (Lipinski definition) is 1. The van der Waals surface area contributed by atoms with Crippen LogP contribution in [0, 0.1) is 13.8 Å². The van der Waals surface area contributed by atoms with E-state index in [2.05, 4.69) is 33.5 Å². The molecular weight excluding hydrogens is 344 g/mol. The Hall–Kier alpha value is -2.51. The van der Waals surface area contributed by atoms with Crippen molar-refractivity contribution in [1.82, 2.24) is 14.9 Å². The van der Waals surface area contributed by atoms with Gasteiger partial charge in [-0.15, -0.1) is 0 Å². The Morgan fingerprint density at radius 2 is 1.85 bits per heavy atom. The Labute approximate surface area is 158 Å². The van der Waals surface area contributed by atoms with Crippen LogP contribution in [0.3, 0.4) is 0 Å². The summed E-state index contributed by atoms with van der Waals surface area (Å²) in [5, 5.41) is 3.29. The summed E-state index contributed by atoms with van der Waals surface area (Å²) >= 11 is 0. The van der Waals surface area contributed by atoms with E-state index in [-0.39, 0.29) is 5.91 Å². The van der Waals surface area contributed by atoms with E-state index in [0.717, 1.165) is 16.8 Å². The molecule has 1 N–H and O–H groups in total. The number of likely N-dealkylation sites (tertiary alicyclic amines) is 1. The smallest absolute Gasteiger partial charge is 0.272 e. The average molecular weight is 368 g/mol. The van der Waals surface area contributed by atoms with Crippen molar-refractivity contribution < 1.29 is 14.3 Å².